The molecule has 0 aliphatic carbocycles. The summed E-state index contributed by atoms with van der Waals surface area (Å²) in [4.78, 5) is 0. The number of hydrogen-bond acceptors (Lipinski definition) is 5. The van der Waals surface area contributed by atoms with Crippen molar-refractivity contribution in [2.24, 2.45) is 0 Å². The normalized spacial score (nSPS) is 9.44. The van der Waals surface area contributed by atoms with E-state index in [1.165, 1.54) is 0 Å². The highest BCUT2D eigenvalue weighted by atomic mass is 32.3. The maximum absolute atomic E-state index is 9.37. The zero-order chi connectivity index (χ0) is 12.2. The predicted molar refractivity (Wildman–Crippen MR) is 69.8 cm³/mol. The quantitative estimate of drug-likeness (QED) is 0.460. The summed E-state index contributed by atoms with van der Waals surface area (Å²) in [6.07, 6.45) is 0. The fourth-order valence-electron chi connectivity index (χ4n) is 1.21. The third kappa shape index (κ3) is 6.78. The number of benzene rings is 2. The highest BCUT2D eigenvalue weighted by molar-refractivity contribution is 7.79. The summed E-state index contributed by atoms with van der Waals surface area (Å²) >= 11 is 0. The molecule has 0 saturated carbocycles. The third-order valence-electron chi connectivity index (χ3n) is 1.77. The van der Waals surface area contributed by atoms with Gasteiger partial charge in [0, 0.05) is 5.39 Å². The summed E-state index contributed by atoms with van der Waals surface area (Å²) in [5.74, 6) is 0.350. The van der Waals surface area contributed by atoms with Crippen LogP contribution in [0.25, 0.3) is 10.8 Å². The van der Waals surface area contributed by atoms with Crippen LogP contribution in [-0.2, 0) is 10.4 Å². The Hall–Kier alpha value is -1.71. The smallest absolute Gasteiger partial charge is 0.394 e. The van der Waals surface area contributed by atoms with E-state index in [0.29, 0.717) is 5.75 Å². The van der Waals surface area contributed by atoms with Crippen LogP contribution in [0.3, 0.4) is 0 Å². The Labute approximate surface area is 105 Å². The van der Waals surface area contributed by atoms with Gasteiger partial charge in [0.1, 0.15) is 5.75 Å². The standard InChI is InChI=1S/C10H8O.2H3N.H2O4S/c11-10-7-3-5-8-4-1-2-6-9(8)10;;;1-5(2,3)4/h1-7,11H;2*1H3;(H2,1,2,3,4). The van der Waals surface area contributed by atoms with Crippen molar-refractivity contribution in [3.05, 3.63) is 42.5 Å². The van der Waals surface area contributed by atoms with Gasteiger partial charge in [0.05, 0.1) is 0 Å². The molecule has 0 spiro atoms. The molecule has 102 valence electrons. The van der Waals surface area contributed by atoms with E-state index < -0.39 is 10.4 Å². The largest absolute Gasteiger partial charge is 0.507 e. The second-order valence-corrected chi connectivity index (χ2v) is 3.84. The van der Waals surface area contributed by atoms with Crippen molar-refractivity contribution in [2.45, 2.75) is 0 Å². The van der Waals surface area contributed by atoms with Gasteiger partial charge in [-0.1, -0.05) is 36.4 Å². The van der Waals surface area contributed by atoms with Gasteiger partial charge in [-0.15, -0.1) is 0 Å². The molecular formula is C10H16N2O5S. The minimum atomic E-state index is -4.67. The Morgan fingerprint density at radius 2 is 1.28 bits per heavy atom. The minimum Gasteiger partial charge on any atom is -0.507 e. The average Bonchev–Trinajstić information content (AvgIpc) is 2.16. The van der Waals surface area contributed by atoms with Gasteiger partial charge in [0.15, 0.2) is 0 Å². The first-order valence-electron chi connectivity index (χ1n) is 4.24. The first-order chi connectivity index (χ1) is 7.38. The Morgan fingerprint density at radius 3 is 1.78 bits per heavy atom. The fraction of sp³-hybridized carbons (Fsp3) is 0. The molecule has 0 radical (unpaired) electrons. The molecule has 2 aromatic carbocycles. The van der Waals surface area contributed by atoms with E-state index in [0.717, 1.165) is 10.8 Å². The molecule has 0 aliphatic heterocycles. The first-order valence-corrected chi connectivity index (χ1v) is 5.64. The Kier molecular flexibility index (Phi) is 7.86. The lowest BCUT2D eigenvalue weighted by Crippen LogP contribution is -1.89. The predicted octanol–water partition coefficient (Wildman–Crippen LogP) is 2.22. The van der Waals surface area contributed by atoms with Crippen LogP contribution in [0.5, 0.6) is 5.75 Å². The molecule has 8 heteroatoms. The van der Waals surface area contributed by atoms with Crippen LogP contribution in [0.15, 0.2) is 42.5 Å². The van der Waals surface area contributed by atoms with Crippen LogP contribution in [0, 0.1) is 0 Å². The van der Waals surface area contributed by atoms with Crippen LogP contribution in [-0.4, -0.2) is 22.6 Å². The fourth-order valence-corrected chi connectivity index (χ4v) is 1.21. The zero-order valence-electron chi connectivity index (χ0n) is 9.52. The number of hydrogen-bond donors (Lipinski definition) is 5. The lowest BCUT2D eigenvalue weighted by atomic mass is 10.1. The van der Waals surface area contributed by atoms with Crippen molar-refractivity contribution in [3.63, 3.8) is 0 Å². The molecule has 2 rings (SSSR count). The maximum atomic E-state index is 9.37. The summed E-state index contributed by atoms with van der Waals surface area (Å²) < 4.78 is 31.6. The van der Waals surface area contributed by atoms with Gasteiger partial charge in [-0.25, -0.2) is 0 Å². The molecule has 9 N–H and O–H groups in total. The molecule has 0 aromatic heterocycles. The number of phenolic OH excluding ortho intramolecular Hbond substituents is 1. The molecule has 0 amide bonds. The molecule has 0 unspecified atom stereocenters. The van der Waals surface area contributed by atoms with Crippen LogP contribution in [0.2, 0.25) is 0 Å². The lowest BCUT2D eigenvalue weighted by molar-refractivity contribution is 0.381. The van der Waals surface area contributed by atoms with E-state index in [4.69, 9.17) is 17.5 Å². The third-order valence-corrected chi connectivity index (χ3v) is 1.77. The lowest BCUT2D eigenvalue weighted by Gasteiger charge is -1.97. The van der Waals surface area contributed by atoms with Crippen LogP contribution < -0.4 is 12.3 Å². The van der Waals surface area contributed by atoms with Gasteiger partial charge in [-0.2, -0.15) is 8.42 Å². The van der Waals surface area contributed by atoms with Crippen molar-refractivity contribution in [1.82, 2.24) is 12.3 Å². The maximum Gasteiger partial charge on any atom is 0.394 e. The van der Waals surface area contributed by atoms with E-state index in [1.807, 2.05) is 36.4 Å². The van der Waals surface area contributed by atoms with Crippen molar-refractivity contribution in [1.29, 1.82) is 0 Å². The number of rotatable bonds is 0. The second-order valence-electron chi connectivity index (χ2n) is 2.95. The summed E-state index contributed by atoms with van der Waals surface area (Å²) in [7, 11) is -4.67. The van der Waals surface area contributed by atoms with E-state index >= 15 is 0 Å². The summed E-state index contributed by atoms with van der Waals surface area (Å²) in [6.45, 7) is 0. The molecule has 7 nitrogen and oxygen atoms in total. The van der Waals surface area contributed by atoms with E-state index in [9.17, 15) is 5.11 Å². The second kappa shape index (κ2) is 7.58. The summed E-state index contributed by atoms with van der Waals surface area (Å²) in [5, 5.41) is 11.4. The molecule has 0 heterocycles. The van der Waals surface area contributed by atoms with E-state index in [-0.39, 0.29) is 12.3 Å². The van der Waals surface area contributed by atoms with E-state index in [2.05, 4.69) is 0 Å². The molecule has 0 aliphatic rings. The van der Waals surface area contributed by atoms with Gasteiger partial charge in [-0.05, 0) is 11.5 Å². The number of phenols is 1. The molecular weight excluding hydrogens is 260 g/mol. The van der Waals surface area contributed by atoms with Gasteiger partial charge in [0.25, 0.3) is 0 Å². The Bertz CT molecular complexity index is 572. The van der Waals surface area contributed by atoms with Gasteiger partial charge < -0.3 is 17.4 Å². The topological polar surface area (TPSA) is 165 Å². The van der Waals surface area contributed by atoms with Crippen molar-refractivity contribution in [2.75, 3.05) is 0 Å². The monoisotopic (exact) mass is 276 g/mol. The molecule has 0 fully saturated rings. The molecule has 0 saturated heterocycles. The van der Waals surface area contributed by atoms with E-state index in [1.54, 1.807) is 6.07 Å². The van der Waals surface area contributed by atoms with Gasteiger partial charge >= 0.3 is 10.4 Å². The Balaban J connectivity index is 0. The highest BCUT2D eigenvalue weighted by Crippen LogP contribution is 2.22. The summed E-state index contributed by atoms with van der Waals surface area (Å²) in [5.41, 5.74) is 0. The molecule has 2 aromatic rings. The summed E-state index contributed by atoms with van der Waals surface area (Å²) in [6, 6.07) is 13.3. The molecule has 0 atom stereocenters. The molecule has 18 heavy (non-hydrogen) atoms. The van der Waals surface area contributed by atoms with Crippen molar-refractivity contribution >= 4 is 21.2 Å². The SMILES string of the molecule is N.N.O=S(=O)(O)O.Oc1cccc2ccccc12. The first kappa shape index (κ1) is 18.6. The van der Waals surface area contributed by atoms with Crippen LogP contribution >= 0.6 is 0 Å². The zero-order valence-corrected chi connectivity index (χ0v) is 10.3. The molecule has 0 bridgehead atoms. The van der Waals surface area contributed by atoms with Crippen LogP contribution in [0.1, 0.15) is 0 Å². The number of fused-ring (bicyclic) bond motifs is 1. The van der Waals surface area contributed by atoms with Crippen molar-refractivity contribution in [3.8, 4) is 5.75 Å². The van der Waals surface area contributed by atoms with Crippen molar-refractivity contribution < 1.29 is 22.6 Å². The average molecular weight is 276 g/mol. The number of aromatic hydroxyl groups is 1. The van der Waals surface area contributed by atoms with Crippen LogP contribution in [0.4, 0.5) is 0 Å². The highest BCUT2D eigenvalue weighted by Gasteiger charge is 1.94. The van der Waals surface area contributed by atoms with Gasteiger partial charge in [-0.3, -0.25) is 9.11 Å². The minimum absolute atomic E-state index is 0. The van der Waals surface area contributed by atoms with Gasteiger partial charge in [0.2, 0.25) is 0 Å². The Morgan fingerprint density at radius 1 is 0.833 bits per heavy atom.